The van der Waals surface area contributed by atoms with Gasteiger partial charge in [0.25, 0.3) is 0 Å². The molecule has 22 heavy (non-hydrogen) atoms. The van der Waals surface area contributed by atoms with E-state index in [1.165, 1.54) is 38.2 Å². The summed E-state index contributed by atoms with van der Waals surface area (Å²) in [7, 11) is 0. The molecule has 2 heterocycles. The fraction of sp³-hybridized carbons (Fsp3) is 0.647. The molecule has 5 nitrogen and oxygen atoms in total. The van der Waals surface area contributed by atoms with Crippen LogP contribution >= 0.6 is 0 Å². The Balaban J connectivity index is 1.45. The van der Waals surface area contributed by atoms with Gasteiger partial charge in [0.1, 0.15) is 17.6 Å². The monoisotopic (exact) mass is 305 g/mol. The van der Waals surface area contributed by atoms with Gasteiger partial charge in [0, 0.05) is 12.5 Å². The van der Waals surface area contributed by atoms with Gasteiger partial charge in [-0.2, -0.15) is 0 Å². The zero-order valence-corrected chi connectivity index (χ0v) is 13.0. The van der Waals surface area contributed by atoms with E-state index < -0.39 is 5.63 Å². The fourth-order valence-electron chi connectivity index (χ4n) is 3.32. The number of amides is 1. The van der Waals surface area contributed by atoms with Crippen molar-refractivity contribution in [1.29, 1.82) is 0 Å². The summed E-state index contributed by atoms with van der Waals surface area (Å²) in [5.41, 5.74) is -0.403. The average molecular weight is 305 g/mol. The third-order valence-electron chi connectivity index (χ3n) is 4.56. The van der Waals surface area contributed by atoms with Gasteiger partial charge in [-0.3, -0.25) is 4.79 Å². The third-order valence-corrected chi connectivity index (χ3v) is 4.56. The summed E-state index contributed by atoms with van der Waals surface area (Å²) in [4.78, 5) is 25.3. The lowest BCUT2D eigenvalue weighted by atomic mass is 9.86. The van der Waals surface area contributed by atoms with Gasteiger partial charge in [0.2, 0.25) is 5.91 Å². The molecule has 120 valence electrons. The summed E-state index contributed by atoms with van der Waals surface area (Å²) in [6.07, 6.45) is 6.89. The van der Waals surface area contributed by atoms with Crippen LogP contribution in [-0.4, -0.2) is 30.0 Å². The molecule has 0 bridgehead atoms. The Labute approximate surface area is 130 Å². The molecule has 0 unspecified atom stereocenters. The number of hydrogen-bond donors (Lipinski definition) is 0. The first-order chi connectivity index (χ1) is 10.6. The highest BCUT2D eigenvalue weighted by atomic mass is 16.5. The van der Waals surface area contributed by atoms with Gasteiger partial charge < -0.3 is 14.1 Å². The Morgan fingerprint density at radius 1 is 1.27 bits per heavy atom. The first kappa shape index (κ1) is 15.1. The van der Waals surface area contributed by atoms with Crippen molar-refractivity contribution in [2.75, 3.05) is 13.1 Å². The van der Waals surface area contributed by atoms with Crippen LogP contribution in [0, 0.1) is 12.8 Å². The fourth-order valence-corrected chi connectivity index (χ4v) is 3.32. The molecule has 2 fully saturated rings. The van der Waals surface area contributed by atoms with E-state index in [2.05, 4.69) is 0 Å². The molecule has 1 saturated heterocycles. The van der Waals surface area contributed by atoms with Crippen LogP contribution in [-0.2, 0) is 4.79 Å². The highest BCUT2D eigenvalue weighted by molar-refractivity contribution is 5.77. The summed E-state index contributed by atoms with van der Waals surface area (Å²) in [5, 5.41) is 0. The SMILES string of the molecule is Cc1cc(OC2CN(C(=O)CC3CCCCC3)C2)cc(=O)o1. The molecule has 1 aromatic heterocycles. The summed E-state index contributed by atoms with van der Waals surface area (Å²) >= 11 is 0. The Morgan fingerprint density at radius 3 is 2.68 bits per heavy atom. The molecule has 1 aliphatic carbocycles. The standard InChI is InChI=1S/C17H23NO4/c1-12-7-14(9-17(20)21-12)22-15-10-18(11-15)16(19)8-13-5-3-2-4-6-13/h7,9,13,15H,2-6,8,10-11H2,1H3. The summed E-state index contributed by atoms with van der Waals surface area (Å²) < 4.78 is 10.6. The highest BCUT2D eigenvalue weighted by Crippen LogP contribution is 2.28. The van der Waals surface area contributed by atoms with Crippen LogP contribution in [0.15, 0.2) is 21.3 Å². The molecule has 0 atom stereocenters. The van der Waals surface area contributed by atoms with E-state index in [1.54, 1.807) is 13.0 Å². The minimum Gasteiger partial charge on any atom is -0.486 e. The van der Waals surface area contributed by atoms with E-state index >= 15 is 0 Å². The molecule has 1 aromatic rings. The van der Waals surface area contributed by atoms with Crippen LogP contribution in [0.3, 0.4) is 0 Å². The minimum absolute atomic E-state index is 0.0171. The van der Waals surface area contributed by atoms with Crippen molar-refractivity contribution in [1.82, 2.24) is 4.90 Å². The van der Waals surface area contributed by atoms with Crippen LogP contribution in [0.2, 0.25) is 0 Å². The molecule has 0 aromatic carbocycles. The lowest BCUT2D eigenvalue weighted by Gasteiger charge is -2.39. The highest BCUT2D eigenvalue weighted by Gasteiger charge is 2.33. The molecule has 0 spiro atoms. The van der Waals surface area contributed by atoms with Crippen LogP contribution in [0.4, 0.5) is 0 Å². The Hall–Kier alpha value is -1.78. The second-order valence-corrected chi connectivity index (χ2v) is 6.47. The lowest BCUT2D eigenvalue weighted by molar-refractivity contribution is -0.141. The second kappa shape index (κ2) is 6.55. The zero-order valence-electron chi connectivity index (χ0n) is 13.0. The van der Waals surface area contributed by atoms with Crippen LogP contribution in [0.1, 0.15) is 44.3 Å². The van der Waals surface area contributed by atoms with Gasteiger partial charge in [-0.15, -0.1) is 0 Å². The summed E-state index contributed by atoms with van der Waals surface area (Å²) in [5.74, 6) is 1.88. The predicted molar refractivity (Wildman–Crippen MR) is 81.9 cm³/mol. The smallest absolute Gasteiger partial charge is 0.339 e. The number of carbonyl (C=O) groups excluding carboxylic acids is 1. The Kier molecular flexibility index (Phi) is 4.50. The van der Waals surface area contributed by atoms with Gasteiger partial charge in [0.05, 0.1) is 19.2 Å². The van der Waals surface area contributed by atoms with Crippen molar-refractivity contribution in [3.05, 3.63) is 28.3 Å². The van der Waals surface area contributed by atoms with Crippen molar-refractivity contribution in [2.24, 2.45) is 5.92 Å². The van der Waals surface area contributed by atoms with Crippen molar-refractivity contribution >= 4 is 5.91 Å². The van der Waals surface area contributed by atoms with Gasteiger partial charge in [-0.1, -0.05) is 19.3 Å². The van der Waals surface area contributed by atoms with Gasteiger partial charge >= 0.3 is 5.63 Å². The molecule has 1 saturated carbocycles. The molecule has 1 aliphatic heterocycles. The molecule has 2 aliphatic rings. The molecular weight excluding hydrogens is 282 g/mol. The van der Waals surface area contributed by atoms with E-state index in [0.717, 1.165) is 0 Å². The van der Waals surface area contributed by atoms with Crippen molar-refractivity contribution in [3.8, 4) is 5.75 Å². The maximum Gasteiger partial charge on any atom is 0.339 e. The first-order valence-electron chi connectivity index (χ1n) is 8.16. The maximum absolute atomic E-state index is 12.2. The number of aryl methyl sites for hydroxylation is 1. The van der Waals surface area contributed by atoms with Crippen LogP contribution in [0.5, 0.6) is 5.75 Å². The third kappa shape index (κ3) is 3.70. The van der Waals surface area contributed by atoms with Crippen LogP contribution < -0.4 is 10.4 Å². The number of likely N-dealkylation sites (tertiary alicyclic amines) is 1. The van der Waals surface area contributed by atoms with Gasteiger partial charge in [-0.25, -0.2) is 4.79 Å². The van der Waals surface area contributed by atoms with E-state index in [0.29, 0.717) is 36.9 Å². The topological polar surface area (TPSA) is 59.8 Å². The molecular formula is C17H23NO4. The zero-order chi connectivity index (χ0) is 15.5. The number of carbonyl (C=O) groups is 1. The van der Waals surface area contributed by atoms with E-state index in [4.69, 9.17) is 9.15 Å². The molecule has 5 heteroatoms. The number of ether oxygens (including phenoxy) is 1. The van der Waals surface area contributed by atoms with E-state index in [9.17, 15) is 9.59 Å². The minimum atomic E-state index is -0.403. The van der Waals surface area contributed by atoms with Crippen molar-refractivity contribution < 1.29 is 13.9 Å². The lowest BCUT2D eigenvalue weighted by Crippen LogP contribution is -2.56. The Bertz CT molecular complexity index is 583. The average Bonchev–Trinajstić information content (AvgIpc) is 2.42. The predicted octanol–water partition coefficient (Wildman–Crippen LogP) is 2.51. The number of nitrogens with zero attached hydrogens (tertiary/aromatic N) is 1. The molecule has 0 N–H and O–H groups in total. The Morgan fingerprint density at radius 2 is 2.00 bits per heavy atom. The molecule has 1 amide bonds. The van der Waals surface area contributed by atoms with Crippen molar-refractivity contribution in [3.63, 3.8) is 0 Å². The van der Waals surface area contributed by atoms with E-state index in [1.807, 2.05) is 4.90 Å². The largest absolute Gasteiger partial charge is 0.486 e. The van der Waals surface area contributed by atoms with E-state index in [-0.39, 0.29) is 12.0 Å². The quantitative estimate of drug-likeness (QED) is 0.857. The number of hydrogen-bond acceptors (Lipinski definition) is 4. The van der Waals surface area contributed by atoms with Gasteiger partial charge in [-0.05, 0) is 25.7 Å². The second-order valence-electron chi connectivity index (χ2n) is 6.47. The van der Waals surface area contributed by atoms with Crippen molar-refractivity contribution in [2.45, 2.75) is 51.6 Å². The maximum atomic E-state index is 12.2. The van der Waals surface area contributed by atoms with Gasteiger partial charge in [0.15, 0.2) is 0 Å². The summed E-state index contributed by atoms with van der Waals surface area (Å²) in [6, 6.07) is 3.05. The number of rotatable bonds is 4. The molecule has 3 rings (SSSR count). The van der Waals surface area contributed by atoms with Crippen LogP contribution in [0.25, 0.3) is 0 Å². The molecule has 0 radical (unpaired) electrons. The summed E-state index contributed by atoms with van der Waals surface area (Å²) in [6.45, 7) is 2.95. The normalized spacial score (nSPS) is 19.8. The first-order valence-corrected chi connectivity index (χ1v) is 8.16.